The minimum atomic E-state index is -0.295. The second-order valence-corrected chi connectivity index (χ2v) is 7.27. The van der Waals surface area contributed by atoms with Gasteiger partial charge in [-0.05, 0) is 24.1 Å². The first kappa shape index (κ1) is 18.9. The lowest BCUT2D eigenvalue weighted by molar-refractivity contribution is -0.121. The third kappa shape index (κ3) is 3.89. The van der Waals surface area contributed by atoms with Gasteiger partial charge in [-0.3, -0.25) is 9.59 Å². The van der Waals surface area contributed by atoms with Gasteiger partial charge in [0.05, 0.1) is 5.92 Å². The number of aryl methyl sites for hydroxylation is 1. The largest absolute Gasteiger partial charge is 0.369 e. The van der Waals surface area contributed by atoms with E-state index in [0.29, 0.717) is 25.3 Å². The van der Waals surface area contributed by atoms with Crippen LogP contribution in [0.3, 0.4) is 0 Å². The molecule has 148 valence electrons. The van der Waals surface area contributed by atoms with E-state index in [1.807, 2.05) is 49.4 Å². The van der Waals surface area contributed by atoms with Crippen LogP contribution in [0.25, 0.3) is 11.4 Å². The van der Waals surface area contributed by atoms with Crippen molar-refractivity contribution in [3.63, 3.8) is 0 Å². The van der Waals surface area contributed by atoms with E-state index < -0.39 is 0 Å². The van der Waals surface area contributed by atoms with E-state index in [0.717, 1.165) is 22.6 Å². The second kappa shape index (κ2) is 7.87. The number of amides is 1. The Morgan fingerprint density at radius 1 is 1.21 bits per heavy atom. The Morgan fingerprint density at radius 2 is 2.00 bits per heavy atom. The first-order chi connectivity index (χ1) is 14.0. The SMILES string of the molecule is CCc1cc(=O)[nH]c(-c2ccc(N3C[C@H](C(N)=O)[C@@H](c4ccccc4)C3)nc2)n1. The summed E-state index contributed by atoms with van der Waals surface area (Å²) in [6, 6.07) is 15.2. The van der Waals surface area contributed by atoms with Gasteiger partial charge in [-0.25, -0.2) is 9.97 Å². The van der Waals surface area contributed by atoms with Crippen LogP contribution in [-0.2, 0) is 11.2 Å². The molecular formula is C22H23N5O2. The summed E-state index contributed by atoms with van der Waals surface area (Å²) in [5.41, 5.74) is 8.09. The zero-order valence-corrected chi connectivity index (χ0v) is 16.2. The molecule has 1 aromatic carbocycles. The number of carbonyl (C=O) groups excluding carboxylic acids is 1. The van der Waals surface area contributed by atoms with Gasteiger partial charge in [0.25, 0.3) is 5.56 Å². The van der Waals surface area contributed by atoms with Crippen molar-refractivity contribution in [1.29, 1.82) is 0 Å². The Kier molecular flexibility index (Phi) is 5.12. The smallest absolute Gasteiger partial charge is 0.251 e. The third-order valence-electron chi connectivity index (χ3n) is 5.42. The van der Waals surface area contributed by atoms with E-state index in [-0.39, 0.29) is 23.3 Å². The topological polar surface area (TPSA) is 105 Å². The summed E-state index contributed by atoms with van der Waals surface area (Å²) in [5.74, 6) is 0.753. The molecule has 1 amide bonds. The second-order valence-electron chi connectivity index (χ2n) is 7.27. The fourth-order valence-corrected chi connectivity index (χ4v) is 3.86. The highest BCUT2D eigenvalue weighted by Crippen LogP contribution is 2.34. The molecule has 7 nitrogen and oxygen atoms in total. The molecule has 2 aromatic heterocycles. The number of nitrogens with zero attached hydrogens (tertiary/aromatic N) is 3. The van der Waals surface area contributed by atoms with Crippen molar-refractivity contribution in [3.8, 4) is 11.4 Å². The summed E-state index contributed by atoms with van der Waals surface area (Å²) in [7, 11) is 0. The van der Waals surface area contributed by atoms with Crippen molar-refractivity contribution in [1.82, 2.24) is 15.0 Å². The molecule has 0 unspecified atom stereocenters. The number of nitrogens with one attached hydrogen (secondary N) is 1. The number of nitrogens with two attached hydrogens (primary N) is 1. The number of hydrogen-bond donors (Lipinski definition) is 2. The van der Waals surface area contributed by atoms with Crippen molar-refractivity contribution < 1.29 is 4.79 Å². The number of rotatable bonds is 5. The minimum absolute atomic E-state index is 0.0365. The number of aromatic nitrogens is 3. The molecule has 1 aliphatic heterocycles. The predicted octanol–water partition coefficient (Wildman–Crippen LogP) is 2.10. The van der Waals surface area contributed by atoms with E-state index in [2.05, 4.69) is 19.9 Å². The molecule has 3 N–H and O–H groups in total. The van der Waals surface area contributed by atoms with Crippen LogP contribution in [0.5, 0.6) is 0 Å². The number of pyridine rings is 1. The van der Waals surface area contributed by atoms with Crippen LogP contribution in [-0.4, -0.2) is 33.9 Å². The van der Waals surface area contributed by atoms with Crippen LogP contribution in [0, 0.1) is 5.92 Å². The maximum absolute atomic E-state index is 12.0. The van der Waals surface area contributed by atoms with Crippen molar-refractivity contribution in [2.75, 3.05) is 18.0 Å². The Morgan fingerprint density at radius 3 is 2.66 bits per heavy atom. The molecule has 0 radical (unpaired) electrons. The molecule has 29 heavy (non-hydrogen) atoms. The zero-order chi connectivity index (χ0) is 20.4. The molecule has 0 spiro atoms. The molecule has 3 aromatic rings. The molecule has 7 heteroatoms. The molecule has 1 fully saturated rings. The number of H-pyrrole nitrogens is 1. The van der Waals surface area contributed by atoms with Crippen LogP contribution in [0.4, 0.5) is 5.82 Å². The summed E-state index contributed by atoms with van der Waals surface area (Å²) in [6.45, 7) is 3.16. The van der Waals surface area contributed by atoms with Crippen molar-refractivity contribution in [3.05, 3.63) is 76.3 Å². The summed E-state index contributed by atoms with van der Waals surface area (Å²) in [5, 5.41) is 0. The van der Waals surface area contributed by atoms with E-state index in [1.54, 1.807) is 6.20 Å². The zero-order valence-electron chi connectivity index (χ0n) is 16.2. The molecule has 0 aliphatic carbocycles. The Balaban J connectivity index is 1.59. The maximum Gasteiger partial charge on any atom is 0.251 e. The number of carbonyl (C=O) groups is 1. The van der Waals surface area contributed by atoms with Crippen molar-refractivity contribution >= 4 is 11.7 Å². The van der Waals surface area contributed by atoms with Gasteiger partial charge < -0.3 is 15.6 Å². The molecular weight excluding hydrogens is 366 g/mol. The van der Waals surface area contributed by atoms with E-state index in [4.69, 9.17) is 5.73 Å². The van der Waals surface area contributed by atoms with Gasteiger partial charge in [0.15, 0.2) is 0 Å². The van der Waals surface area contributed by atoms with Crippen molar-refractivity contribution in [2.24, 2.45) is 11.7 Å². The van der Waals surface area contributed by atoms with Crippen LogP contribution >= 0.6 is 0 Å². The molecule has 0 bridgehead atoms. The molecule has 1 saturated heterocycles. The molecule has 0 saturated carbocycles. The Labute approximate surface area is 168 Å². The fourth-order valence-electron chi connectivity index (χ4n) is 3.86. The number of benzene rings is 1. The van der Waals surface area contributed by atoms with Crippen LogP contribution in [0.15, 0.2) is 59.5 Å². The summed E-state index contributed by atoms with van der Waals surface area (Å²) in [6.07, 6.45) is 2.38. The van der Waals surface area contributed by atoms with Crippen LogP contribution < -0.4 is 16.2 Å². The Bertz CT molecular complexity index is 1060. The minimum Gasteiger partial charge on any atom is -0.369 e. The first-order valence-corrected chi connectivity index (χ1v) is 9.71. The highest BCUT2D eigenvalue weighted by atomic mass is 16.1. The average Bonchev–Trinajstić information content (AvgIpc) is 3.20. The maximum atomic E-state index is 12.0. The Hall–Kier alpha value is -3.48. The summed E-state index contributed by atoms with van der Waals surface area (Å²) < 4.78 is 0. The third-order valence-corrected chi connectivity index (χ3v) is 5.42. The van der Waals surface area contributed by atoms with Crippen LogP contribution in [0.1, 0.15) is 24.1 Å². The van der Waals surface area contributed by atoms with Gasteiger partial charge in [0.1, 0.15) is 11.6 Å². The lowest BCUT2D eigenvalue weighted by atomic mass is 9.89. The lowest BCUT2D eigenvalue weighted by Gasteiger charge is -2.17. The van der Waals surface area contributed by atoms with Gasteiger partial charge in [0.2, 0.25) is 5.91 Å². The molecule has 3 heterocycles. The lowest BCUT2D eigenvalue weighted by Crippen LogP contribution is -2.29. The van der Waals surface area contributed by atoms with Gasteiger partial charge in [-0.2, -0.15) is 0 Å². The average molecular weight is 389 g/mol. The monoisotopic (exact) mass is 389 g/mol. The summed E-state index contributed by atoms with van der Waals surface area (Å²) in [4.78, 5) is 37.7. The van der Waals surface area contributed by atoms with E-state index >= 15 is 0 Å². The molecule has 2 atom stereocenters. The summed E-state index contributed by atoms with van der Waals surface area (Å²) >= 11 is 0. The predicted molar refractivity (Wildman–Crippen MR) is 112 cm³/mol. The van der Waals surface area contributed by atoms with E-state index in [1.165, 1.54) is 6.07 Å². The van der Waals surface area contributed by atoms with Crippen LogP contribution in [0.2, 0.25) is 0 Å². The van der Waals surface area contributed by atoms with Crippen molar-refractivity contribution in [2.45, 2.75) is 19.3 Å². The number of hydrogen-bond acceptors (Lipinski definition) is 5. The normalized spacial score (nSPS) is 18.7. The fraction of sp³-hybridized carbons (Fsp3) is 0.273. The highest BCUT2D eigenvalue weighted by Gasteiger charge is 2.37. The first-order valence-electron chi connectivity index (χ1n) is 9.71. The molecule has 1 aliphatic rings. The number of anilines is 1. The number of aromatic amines is 1. The standard InChI is InChI=1S/C22H23N5O2/c1-2-16-10-20(28)26-22(25-16)15-8-9-19(24-11-15)27-12-17(18(13-27)21(23)29)14-6-4-3-5-7-14/h3-11,17-18H,2,12-13H2,1H3,(H2,23,29)(H,25,26,28)/t17-,18+/m1/s1. The number of primary amides is 1. The van der Waals surface area contributed by atoms with Gasteiger partial charge in [0, 0.05) is 42.5 Å². The molecule has 4 rings (SSSR count). The highest BCUT2D eigenvalue weighted by molar-refractivity contribution is 5.79. The quantitative estimate of drug-likeness (QED) is 0.695. The van der Waals surface area contributed by atoms with E-state index in [9.17, 15) is 9.59 Å². The van der Waals surface area contributed by atoms with Gasteiger partial charge >= 0.3 is 0 Å². The van der Waals surface area contributed by atoms with Gasteiger partial charge in [-0.1, -0.05) is 37.3 Å². The van der Waals surface area contributed by atoms with Gasteiger partial charge in [-0.15, -0.1) is 0 Å².